The highest BCUT2D eigenvalue weighted by atomic mass is 16.3. The number of aromatic nitrogens is 4. The minimum absolute atomic E-state index is 0.0347. The molecule has 3 aromatic rings. The molecule has 8 heteroatoms. The SMILES string of the molecule is CCc1nc(N2CCCC2)ncc1C(=O)N1CCC(O)(Cn2ccc3ccncc32)CC1. The Morgan fingerprint density at radius 1 is 1.12 bits per heavy atom. The number of carbonyl (C=O) groups excluding carboxylic acids is 1. The zero-order chi connectivity index (χ0) is 22.1. The first kappa shape index (κ1) is 20.9. The van der Waals surface area contributed by atoms with Crippen LogP contribution in [-0.4, -0.2) is 67.2 Å². The molecule has 5 heterocycles. The van der Waals surface area contributed by atoms with Crippen LogP contribution in [-0.2, 0) is 13.0 Å². The minimum Gasteiger partial charge on any atom is -0.388 e. The molecule has 168 valence electrons. The van der Waals surface area contributed by atoms with E-state index >= 15 is 0 Å². The van der Waals surface area contributed by atoms with Gasteiger partial charge in [0.2, 0.25) is 5.95 Å². The van der Waals surface area contributed by atoms with Crippen LogP contribution in [0.5, 0.6) is 0 Å². The number of carbonyl (C=O) groups is 1. The van der Waals surface area contributed by atoms with Crippen molar-refractivity contribution in [3.05, 3.63) is 48.2 Å². The van der Waals surface area contributed by atoms with E-state index in [-0.39, 0.29) is 5.91 Å². The van der Waals surface area contributed by atoms with Gasteiger partial charge in [0.25, 0.3) is 5.91 Å². The van der Waals surface area contributed by atoms with E-state index in [2.05, 4.69) is 19.4 Å². The van der Waals surface area contributed by atoms with E-state index in [4.69, 9.17) is 4.98 Å². The summed E-state index contributed by atoms with van der Waals surface area (Å²) >= 11 is 0. The van der Waals surface area contributed by atoms with E-state index in [0.29, 0.717) is 44.5 Å². The van der Waals surface area contributed by atoms with Gasteiger partial charge in [-0.15, -0.1) is 0 Å². The number of anilines is 1. The molecule has 1 amide bonds. The van der Waals surface area contributed by atoms with Crippen molar-refractivity contribution in [3.63, 3.8) is 0 Å². The van der Waals surface area contributed by atoms with Gasteiger partial charge in [0.1, 0.15) is 0 Å². The second-order valence-electron chi connectivity index (χ2n) is 8.97. The molecule has 2 saturated heterocycles. The number of hydrogen-bond donors (Lipinski definition) is 1. The zero-order valence-corrected chi connectivity index (χ0v) is 18.6. The normalized spacial score (nSPS) is 18.4. The molecule has 0 aromatic carbocycles. The molecular weight excluding hydrogens is 404 g/mol. The van der Waals surface area contributed by atoms with Crippen LogP contribution in [0.4, 0.5) is 5.95 Å². The highest BCUT2D eigenvalue weighted by molar-refractivity contribution is 5.95. The fourth-order valence-corrected chi connectivity index (χ4v) is 4.86. The van der Waals surface area contributed by atoms with Crippen LogP contribution in [0.15, 0.2) is 36.9 Å². The van der Waals surface area contributed by atoms with E-state index in [1.807, 2.05) is 36.4 Å². The molecule has 3 aromatic heterocycles. The Kier molecular flexibility index (Phi) is 5.55. The Bertz CT molecular complexity index is 1110. The Balaban J connectivity index is 1.27. The number of nitrogens with zero attached hydrogens (tertiary/aromatic N) is 6. The third-order valence-corrected chi connectivity index (χ3v) is 6.83. The van der Waals surface area contributed by atoms with E-state index in [9.17, 15) is 9.90 Å². The third kappa shape index (κ3) is 3.95. The lowest BCUT2D eigenvalue weighted by atomic mass is 9.90. The Morgan fingerprint density at radius 3 is 2.66 bits per heavy atom. The first-order valence-corrected chi connectivity index (χ1v) is 11.6. The molecule has 0 atom stereocenters. The van der Waals surface area contributed by atoms with Gasteiger partial charge in [-0.25, -0.2) is 9.97 Å². The van der Waals surface area contributed by atoms with E-state index in [0.717, 1.165) is 48.5 Å². The van der Waals surface area contributed by atoms with Gasteiger partial charge in [-0.05, 0) is 44.2 Å². The van der Waals surface area contributed by atoms with Gasteiger partial charge in [0, 0.05) is 50.2 Å². The standard InChI is InChI=1S/C24H30N6O2/c1-2-20-19(15-26-23(27-20)29-10-3-4-11-29)22(31)28-13-7-24(32,8-14-28)17-30-12-6-18-5-9-25-16-21(18)30/h5-6,9,12,15-16,32H,2-4,7-8,10-11,13-14,17H2,1H3. The molecule has 0 aliphatic carbocycles. The molecule has 5 rings (SSSR count). The number of aryl methyl sites for hydroxylation is 1. The first-order valence-electron chi connectivity index (χ1n) is 11.6. The summed E-state index contributed by atoms with van der Waals surface area (Å²) in [7, 11) is 0. The molecular formula is C24H30N6O2. The van der Waals surface area contributed by atoms with E-state index in [1.54, 1.807) is 12.4 Å². The number of pyridine rings is 1. The van der Waals surface area contributed by atoms with Crippen LogP contribution in [0, 0.1) is 0 Å². The molecule has 0 saturated carbocycles. The van der Waals surface area contributed by atoms with Crippen molar-refractivity contribution in [2.45, 2.75) is 51.2 Å². The summed E-state index contributed by atoms with van der Waals surface area (Å²) in [6.45, 7) is 5.52. The van der Waals surface area contributed by atoms with Crippen LogP contribution in [0.1, 0.15) is 48.7 Å². The molecule has 2 aliphatic rings. The second-order valence-corrected chi connectivity index (χ2v) is 8.97. The van der Waals surface area contributed by atoms with Crippen LogP contribution >= 0.6 is 0 Å². The average molecular weight is 435 g/mol. The molecule has 2 fully saturated rings. The van der Waals surface area contributed by atoms with Gasteiger partial charge in [0.15, 0.2) is 0 Å². The van der Waals surface area contributed by atoms with E-state index < -0.39 is 5.60 Å². The van der Waals surface area contributed by atoms with Gasteiger partial charge in [0.05, 0.1) is 35.1 Å². The quantitative estimate of drug-likeness (QED) is 0.664. The van der Waals surface area contributed by atoms with Crippen molar-refractivity contribution >= 4 is 22.8 Å². The van der Waals surface area contributed by atoms with E-state index in [1.165, 1.54) is 0 Å². The monoisotopic (exact) mass is 434 g/mol. The number of piperidine rings is 1. The lowest BCUT2D eigenvalue weighted by Crippen LogP contribution is -2.48. The first-order chi connectivity index (χ1) is 15.6. The van der Waals surface area contributed by atoms with Crippen molar-refractivity contribution in [2.75, 3.05) is 31.1 Å². The average Bonchev–Trinajstić information content (AvgIpc) is 3.49. The molecule has 32 heavy (non-hydrogen) atoms. The maximum atomic E-state index is 13.3. The third-order valence-electron chi connectivity index (χ3n) is 6.83. The Hall–Kier alpha value is -3.00. The van der Waals surface area contributed by atoms with Crippen molar-refractivity contribution in [2.24, 2.45) is 0 Å². The van der Waals surface area contributed by atoms with Crippen LogP contribution in [0.25, 0.3) is 10.9 Å². The maximum Gasteiger partial charge on any atom is 0.257 e. The summed E-state index contributed by atoms with van der Waals surface area (Å²) in [5.74, 6) is 0.699. The number of rotatable bonds is 5. The Labute approximate surface area is 187 Å². The molecule has 0 radical (unpaired) electrons. The Morgan fingerprint density at radius 2 is 1.91 bits per heavy atom. The van der Waals surface area contributed by atoms with Crippen LogP contribution in [0.3, 0.4) is 0 Å². The summed E-state index contributed by atoms with van der Waals surface area (Å²) in [6.07, 6.45) is 11.4. The number of likely N-dealkylation sites (tertiary alicyclic amines) is 1. The molecule has 0 spiro atoms. The number of hydrogen-bond acceptors (Lipinski definition) is 6. The second kappa shape index (κ2) is 8.50. The number of amides is 1. The smallest absolute Gasteiger partial charge is 0.257 e. The van der Waals surface area contributed by atoms with Gasteiger partial charge >= 0.3 is 0 Å². The molecule has 0 unspecified atom stereocenters. The van der Waals surface area contributed by atoms with Crippen LogP contribution in [0.2, 0.25) is 0 Å². The van der Waals surface area contributed by atoms with Gasteiger partial charge < -0.3 is 19.5 Å². The maximum absolute atomic E-state index is 13.3. The lowest BCUT2D eigenvalue weighted by molar-refractivity contribution is -0.0284. The van der Waals surface area contributed by atoms with Crippen molar-refractivity contribution in [3.8, 4) is 0 Å². The predicted octanol–water partition coefficient (Wildman–Crippen LogP) is 2.66. The summed E-state index contributed by atoms with van der Waals surface area (Å²) in [4.78, 5) is 30.7. The summed E-state index contributed by atoms with van der Waals surface area (Å²) in [6, 6.07) is 4.01. The van der Waals surface area contributed by atoms with Crippen molar-refractivity contribution in [1.82, 2.24) is 24.4 Å². The van der Waals surface area contributed by atoms with Gasteiger partial charge in [-0.3, -0.25) is 9.78 Å². The zero-order valence-electron chi connectivity index (χ0n) is 18.6. The summed E-state index contributed by atoms with van der Waals surface area (Å²) in [5.41, 5.74) is 1.56. The highest BCUT2D eigenvalue weighted by Gasteiger charge is 2.35. The lowest BCUT2D eigenvalue weighted by Gasteiger charge is -2.38. The predicted molar refractivity (Wildman–Crippen MR) is 123 cm³/mol. The highest BCUT2D eigenvalue weighted by Crippen LogP contribution is 2.28. The topological polar surface area (TPSA) is 87.4 Å². The van der Waals surface area contributed by atoms with Crippen LogP contribution < -0.4 is 4.90 Å². The fourth-order valence-electron chi connectivity index (χ4n) is 4.86. The molecule has 8 nitrogen and oxygen atoms in total. The van der Waals surface area contributed by atoms with Gasteiger partial charge in [-0.1, -0.05) is 6.92 Å². The molecule has 2 aliphatic heterocycles. The number of aliphatic hydroxyl groups is 1. The number of fused-ring (bicyclic) bond motifs is 1. The summed E-state index contributed by atoms with van der Waals surface area (Å²) in [5, 5.41) is 12.3. The summed E-state index contributed by atoms with van der Waals surface area (Å²) < 4.78 is 2.06. The molecule has 1 N–H and O–H groups in total. The fraction of sp³-hybridized carbons (Fsp3) is 0.500. The molecule has 0 bridgehead atoms. The van der Waals surface area contributed by atoms with Crippen molar-refractivity contribution < 1.29 is 9.90 Å². The van der Waals surface area contributed by atoms with Crippen molar-refractivity contribution in [1.29, 1.82) is 0 Å². The minimum atomic E-state index is -0.845. The van der Waals surface area contributed by atoms with Gasteiger partial charge in [-0.2, -0.15) is 0 Å². The largest absolute Gasteiger partial charge is 0.388 e.